The van der Waals surface area contributed by atoms with Gasteiger partial charge in [-0.15, -0.1) is 0 Å². The van der Waals surface area contributed by atoms with E-state index in [1.807, 2.05) is 13.1 Å². The van der Waals surface area contributed by atoms with Crippen LogP contribution >= 0.6 is 19.3 Å². The summed E-state index contributed by atoms with van der Waals surface area (Å²) in [6.45, 7) is 15.6. The van der Waals surface area contributed by atoms with Crippen molar-refractivity contribution in [3.63, 3.8) is 0 Å². The Kier molecular flexibility index (Phi) is 8.95. The first kappa shape index (κ1) is 22.3. The van der Waals surface area contributed by atoms with Gasteiger partial charge in [0.1, 0.15) is 7.22 Å². The second-order valence-corrected chi connectivity index (χ2v) is 29.2. The molecular weight excluding hydrogens is 351 g/mol. The minimum absolute atomic E-state index is 0.0584. The average Bonchev–Trinajstić information content (AvgIpc) is 2.30. The maximum Gasteiger partial charge on any atom is 0.360 e. The second kappa shape index (κ2) is 8.42. The van der Waals surface area contributed by atoms with Crippen molar-refractivity contribution in [3.05, 3.63) is 0 Å². The van der Waals surface area contributed by atoms with E-state index in [4.69, 9.17) is 8.85 Å². The van der Waals surface area contributed by atoms with E-state index in [1.54, 1.807) is 14.2 Å². The van der Waals surface area contributed by atoms with Gasteiger partial charge in [0.2, 0.25) is 0 Å². The second-order valence-electron chi connectivity index (χ2n) is 7.53. The average molecular weight is 387 g/mol. The molecule has 1 atom stereocenters. The summed E-state index contributed by atoms with van der Waals surface area (Å²) in [6.07, 6.45) is 1.15. The van der Waals surface area contributed by atoms with Crippen LogP contribution in [0, 0.1) is 0 Å². The third-order valence-electron chi connectivity index (χ3n) is 3.88. The lowest BCUT2D eigenvalue weighted by molar-refractivity contribution is 0.266. The molecule has 0 bridgehead atoms. The fourth-order valence-corrected chi connectivity index (χ4v) is 17.8. The molecule has 0 saturated carbocycles. The molecule has 8 heteroatoms. The Morgan fingerprint density at radius 3 is 1.86 bits per heavy atom. The summed E-state index contributed by atoms with van der Waals surface area (Å²) in [5.41, 5.74) is 0. The Hall–Kier alpha value is 1.31. The van der Waals surface area contributed by atoms with Gasteiger partial charge in [-0.1, -0.05) is 41.6 Å². The first-order valence-electron chi connectivity index (χ1n) is 7.54. The minimum atomic E-state index is -2.22. The quantitative estimate of drug-likeness (QED) is 0.344. The smallest absolute Gasteiger partial charge is 0.360 e. The molecule has 0 spiro atoms. The first-order valence-corrected chi connectivity index (χ1v) is 19.7. The molecule has 0 aromatic rings. The van der Waals surface area contributed by atoms with Crippen LogP contribution in [0.2, 0.25) is 38.8 Å². The third-order valence-corrected chi connectivity index (χ3v) is 22.8. The van der Waals surface area contributed by atoms with Crippen LogP contribution in [0.25, 0.3) is 0 Å². The van der Waals surface area contributed by atoms with Crippen LogP contribution in [0.1, 0.15) is 20.3 Å². The molecule has 0 aromatic carbocycles. The van der Waals surface area contributed by atoms with Gasteiger partial charge in [0.15, 0.2) is 8.32 Å². The van der Waals surface area contributed by atoms with Crippen LogP contribution in [0.4, 0.5) is 0 Å². The highest BCUT2D eigenvalue weighted by molar-refractivity contribution is 8.28. The van der Waals surface area contributed by atoms with Gasteiger partial charge in [-0.05, 0) is 31.3 Å². The topological polar surface area (TPSA) is 38.7 Å². The van der Waals surface area contributed by atoms with Crippen molar-refractivity contribution in [2.24, 2.45) is 0 Å². The molecule has 0 fully saturated rings. The van der Waals surface area contributed by atoms with E-state index >= 15 is 0 Å². The van der Waals surface area contributed by atoms with Crippen molar-refractivity contribution < 1.29 is 13.6 Å². The molecule has 0 rings (SSSR count). The molecule has 0 aliphatic carbocycles. The lowest BCUT2D eigenvalue weighted by atomic mass is 10.5. The van der Waals surface area contributed by atoms with E-state index in [0.29, 0.717) is 8.13 Å². The summed E-state index contributed by atoms with van der Waals surface area (Å²) in [5, 5.41) is 0. The molecule has 0 radical (unpaired) electrons. The van der Waals surface area contributed by atoms with Gasteiger partial charge in [0, 0.05) is 19.0 Å². The van der Waals surface area contributed by atoms with Crippen LogP contribution in [0.3, 0.4) is 0 Å². The molecule has 0 saturated heterocycles. The van der Waals surface area contributed by atoms with Gasteiger partial charge in [-0.25, -0.2) is 0 Å². The summed E-state index contributed by atoms with van der Waals surface area (Å²) in [7, 11) is -1.27. The van der Waals surface area contributed by atoms with Crippen molar-refractivity contribution in [2.45, 2.75) is 63.8 Å². The zero-order chi connectivity index (χ0) is 16.9. The fourth-order valence-electron chi connectivity index (χ4n) is 1.76. The van der Waals surface area contributed by atoms with Crippen LogP contribution < -0.4 is 0 Å². The van der Waals surface area contributed by atoms with Crippen LogP contribution in [0.15, 0.2) is 0 Å². The molecule has 0 aliphatic rings. The lowest BCUT2D eigenvalue weighted by Crippen LogP contribution is -2.52. The van der Waals surface area contributed by atoms with Crippen LogP contribution in [-0.4, -0.2) is 53.3 Å². The molecule has 1 unspecified atom stereocenters. The van der Waals surface area contributed by atoms with Crippen LogP contribution in [0.5, 0.6) is 0 Å². The summed E-state index contributed by atoms with van der Waals surface area (Å²) in [5.74, 6) is 1.20. The molecular formula is C13H35O3PSSi3. The maximum atomic E-state index is 10.5. The van der Waals surface area contributed by atoms with Crippen molar-refractivity contribution in [1.82, 2.24) is 0 Å². The van der Waals surface area contributed by atoms with Crippen molar-refractivity contribution >= 4 is 43.1 Å². The summed E-state index contributed by atoms with van der Waals surface area (Å²) in [4.78, 5) is 10.5. The zero-order valence-electron chi connectivity index (χ0n) is 15.3. The Balaban J connectivity index is 4.71. The van der Waals surface area contributed by atoms with Crippen molar-refractivity contribution in [2.75, 3.05) is 20.0 Å². The Labute approximate surface area is 140 Å². The first-order chi connectivity index (χ1) is 9.29. The number of rotatable bonds is 10. The number of hydrogen-bond donors (Lipinski definition) is 1. The molecule has 0 aliphatic heterocycles. The molecule has 128 valence electrons. The number of hydrogen-bond acceptors (Lipinski definition) is 4. The molecule has 21 heavy (non-hydrogen) atoms. The van der Waals surface area contributed by atoms with Crippen molar-refractivity contribution in [3.8, 4) is 0 Å². The largest absolute Gasteiger partial charge is 0.431 e. The van der Waals surface area contributed by atoms with Gasteiger partial charge in [0.05, 0.1) is 0 Å². The highest BCUT2D eigenvalue weighted by atomic mass is 32.4. The normalized spacial score (nSPS) is 15.1. The zero-order valence-corrected chi connectivity index (χ0v) is 20.1. The summed E-state index contributed by atoms with van der Waals surface area (Å²) >= 11 is 2.13. The highest BCUT2D eigenvalue weighted by Crippen LogP contribution is 2.47. The molecule has 0 aromatic heterocycles. The lowest BCUT2D eigenvalue weighted by Gasteiger charge is -2.41. The summed E-state index contributed by atoms with van der Waals surface area (Å²) < 4.78 is 11.7. The monoisotopic (exact) mass is 386 g/mol. The van der Waals surface area contributed by atoms with Gasteiger partial charge in [-0.2, -0.15) is 11.2 Å². The maximum absolute atomic E-state index is 10.5. The highest BCUT2D eigenvalue weighted by Gasteiger charge is 2.48. The van der Waals surface area contributed by atoms with E-state index < -0.39 is 23.8 Å². The molecule has 0 heterocycles. The fraction of sp³-hybridized carbons (Fsp3) is 1.00. The SMILES string of the molecule is CO[Si](CCCS[Si](C)(C)C)(OC)PC(C)(C)[Si](C)(C)O. The van der Waals surface area contributed by atoms with Crippen LogP contribution in [-0.2, 0) is 8.85 Å². The van der Waals surface area contributed by atoms with E-state index in [0.717, 1.165) is 12.5 Å². The Morgan fingerprint density at radius 1 is 1.05 bits per heavy atom. The van der Waals surface area contributed by atoms with Gasteiger partial charge in [0.25, 0.3) is 0 Å². The predicted octanol–water partition coefficient (Wildman–Crippen LogP) is 4.37. The Bertz CT molecular complexity index is 313. The predicted molar refractivity (Wildman–Crippen MR) is 107 cm³/mol. The van der Waals surface area contributed by atoms with Gasteiger partial charge in [-0.3, -0.25) is 0 Å². The van der Waals surface area contributed by atoms with Crippen molar-refractivity contribution in [1.29, 1.82) is 0 Å². The third kappa shape index (κ3) is 8.11. The summed E-state index contributed by atoms with van der Waals surface area (Å²) in [6, 6.07) is 1.03. The molecule has 3 nitrogen and oxygen atoms in total. The Morgan fingerprint density at radius 2 is 1.52 bits per heavy atom. The molecule has 1 N–H and O–H groups in total. The van der Waals surface area contributed by atoms with E-state index in [-0.39, 0.29) is 4.78 Å². The van der Waals surface area contributed by atoms with E-state index in [1.165, 1.54) is 5.75 Å². The standard InChI is InChI=1S/C13H35O3PSSi3/c1-13(2,20(8,9)14)17-21(15-3,16-4)12-10-11-18-19(5,6)7/h14,17H,10-12H2,1-9H3. The minimum Gasteiger partial charge on any atom is -0.431 e. The van der Waals surface area contributed by atoms with Gasteiger partial charge < -0.3 is 13.6 Å². The van der Waals surface area contributed by atoms with Gasteiger partial charge >= 0.3 is 8.23 Å². The molecule has 0 amide bonds. The van der Waals surface area contributed by atoms with E-state index in [2.05, 4.69) is 44.7 Å². The van der Waals surface area contributed by atoms with E-state index in [9.17, 15) is 4.80 Å².